The highest BCUT2D eigenvalue weighted by Crippen LogP contribution is 2.37. The zero-order valence-corrected chi connectivity index (χ0v) is 9.21. The summed E-state index contributed by atoms with van der Waals surface area (Å²) in [6, 6.07) is 1.96. The molecular formula is C11H17N3O. The van der Waals surface area contributed by atoms with E-state index in [4.69, 9.17) is 0 Å². The van der Waals surface area contributed by atoms with Gasteiger partial charge in [0.05, 0.1) is 6.33 Å². The molecule has 2 rings (SSSR count). The Balaban J connectivity index is 2.02. The molecule has 0 aromatic carbocycles. The fourth-order valence-corrected chi connectivity index (χ4v) is 2.22. The summed E-state index contributed by atoms with van der Waals surface area (Å²) in [5.41, 5.74) is 0.309. The Kier molecular flexibility index (Phi) is 2.50. The lowest BCUT2D eigenvalue weighted by molar-refractivity contribution is 0.378. The predicted molar refractivity (Wildman–Crippen MR) is 59.9 cm³/mol. The van der Waals surface area contributed by atoms with Gasteiger partial charge in [-0.3, -0.25) is 4.79 Å². The molecule has 0 bridgehead atoms. The average molecular weight is 207 g/mol. The van der Waals surface area contributed by atoms with Crippen LogP contribution >= 0.6 is 0 Å². The van der Waals surface area contributed by atoms with Crippen molar-refractivity contribution >= 4 is 5.82 Å². The Morgan fingerprint density at radius 1 is 1.60 bits per heavy atom. The molecule has 1 saturated carbocycles. The van der Waals surface area contributed by atoms with Crippen LogP contribution in [0.1, 0.15) is 33.1 Å². The highest BCUT2D eigenvalue weighted by Gasteiger charge is 2.30. The van der Waals surface area contributed by atoms with Crippen molar-refractivity contribution in [2.45, 2.75) is 39.2 Å². The van der Waals surface area contributed by atoms with Gasteiger partial charge in [-0.15, -0.1) is 0 Å². The summed E-state index contributed by atoms with van der Waals surface area (Å²) in [5, 5.41) is 3.31. The first-order valence-corrected chi connectivity index (χ1v) is 5.36. The summed E-state index contributed by atoms with van der Waals surface area (Å²) in [5.74, 6) is 0.682. The maximum absolute atomic E-state index is 11.1. The molecule has 1 fully saturated rings. The van der Waals surface area contributed by atoms with Gasteiger partial charge >= 0.3 is 0 Å². The summed E-state index contributed by atoms with van der Waals surface area (Å²) in [6.07, 6.45) is 4.96. The largest absolute Gasteiger partial charge is 0.367 e. The highest BCUT2D eigenvalue weighted by atomic mass is 16.1. The van der Waals surface area contributed by atoms with Gasteiger partial charge in [-0.2, -0.15) is 0 Å². The molecule has 4 heteroatoms. The van der Waals surface area contributed by atoms with Crippen molar-refractivity contribution < 1.29 is 0 Å². The topological polar surface area (TPSA) is 57.8 Å². The molecule has 2 N–H and O–H groups in total. The zero-order chi connectivity index (χ0) is 10.9. The van der Waals surface area contributed by atoms with Crippen LogP contribution in [0, 0.1) is 5.41 Å². The third kappa shape index (κ3) is 2.58. The molecule has 1 atom stereocenters. The van der Waals surface area contributed by atoms with Crippen molar-refractivity contribution in [2.75, 3.05) is 5.32 Å². The first kappa shape index (κ1) is 10.2. The van der Waals surface area contributed by atoms with Crippen LogP contribution in [0.5, 0.6) is 0 Å². The minimum Gasteiger partial charge on any atom is -0.367 e. The minimum absolute atomic E-state index is 0.107. The standard InChI is InChI=1S/C11H17N3O/c1-11(2)4-3-8(6-11)14-9-5-10(15)13-7-12-9/h5,7-8H,3-4,6H2,1-2H3,(H2,12,13,14,15). The number of aromatic nitrogens is 2. The quantitative estimate of drug-likeness (QED) is 0.777. The lowest BCUT2D eigenvalue weighted by atomic mass is 9.92. The molecule has 0 amide bonds. The summed E-state index contributed by atoms with van der Waals surface area (Å²) in [6.45, 7) is 4.56. The zero-order valence-electron chi connectivity index (χ0n) is 9.21. The number of hydrogen-bond acceptors (Lipinski definition) is 3. The van der Waals surface area contributed by atoms with Crippen LogP contribution in [-0.4, -0.2) is 16.0 Å². The molecule has 4 nitrogen and oxygen atoms in total. The molecule has 1 unspecified atom stereocenters. The van der Waals surface area contributed by atoms with Crippen LogP contribution in [0.2, 0.25) is 0 Å². The first-order chi connectivity index (χ1) is 7.05. The monoisotopic (exact) mass is 207 g/mol. The number of hydrogen-bond donors (Lipinski definition) is 2. The number of aromatic amines is 1. The van der Waals surface area contributed by atoms with Crippen molar-refractivity contribution in [3.05, 3.63) is 22.7 Å². The van der Waals surface area contributed by atoms with Crippen molar-refractivity contribution in [3.8, 4) is 0 Å². The first-order valence-electron chi connectivity index (χ1n) is 5.36. The summed E-state index contributed by atoms with van der Waals surface area (Å²) >= 11 is 0. The number of nitrogens with zero attached hydrogens (tertiary/aromatic N) is 1. The normalized spacial score (nSPS) is 24.0. The number of nitrogens with one attached hydrogen (secondary N) is 2. The molecule has 15 heavy (non-hydrogen) atoms. The minimum atomic E-state index is -0.107. The molecule has 82 valence electrons. The molecule has 0 aliphatic heterocycles. The molecule has 1 aromatic heterocycles. The van der Waals surface area contributed by atoms with Crippen molar-refractivity contribution in [1.82, 2.24) is 9.97 Å². The van der Waals surface area contributed by atoms with Gasteiger partial charge in [0.15, 0.2) is 0 Å². The Morgan fingerprint density at radius 2 is 2.40 bits per heavy atom. The Hall–Kier alpha value is -1.32. The molecular weight excluding hydrogens is 190 g/mol. The van der Waals surface area contributed by atoms with Gasteiger partial charge in [-0.25, -0.2) is 4.98 Å². The van der Waals surface area contributed by atoms with Crippen LogP contribution in [0.4, 0.5) is 5.82 Å². The fourth-order valence-electron chi connectivity index (χ4n) is 2.22. The molecule has 0 saturated heterocycles. The van der Waals surface area contributed by atoms with Crippen LogP contribution in [0.3, 0.4) is 0 Å². The SMILES string of the molecule is CC1(C)CCC(Nc2cc(=O)[nH]cn2)C1. The van der Waals surface area contributed by atoms with Gasteiger partial charge in [0, 0.05) is 12.1 Å². The lowest BCUT2D eigenvalue weighted by Crippen LogP contribution is -2.19. The van der Waals surface area contributed by atoms with E-state index in [1.807, 2.05) is 0 Å². The predicted octanol–water partition coefficient (Wildman–Crippen LogP) is 1.76. The number of rotatable bonds is 2. The van der Waals surface area contributed by atoms with Gasteiger partial charge in [-0.05, 0) is 24.7 Å². The molecule has 0 spiro atoms. The second-order valence-corrected chi connectivity index (χ2v) is 5.04. The van der Waals surface area contributed by atoms with Crippen LogP contribution in [0.25, 0.3) is 0 Å². The van der Waals surface area contributed by atoms with Gasteiger partial charge in [0.2, 0.25) is 0 Å². The Bertz CT molecular complexity index is 397. The van der Waals surface area contributed by atoms with E-state index in [2.05, 4.69) is 29.1 Å². The van der Waals surface area contributed by atoms with Gasteiger partial charge in [-0.1, -0.05) is 13.8 Å². The fraction of sp³-hybridized carbons (Fsp3) is 0.636. The van der Waals surface area contributed by atoms with Crippen molar-refractivity contribution in [2.24, 2.45) is 5.41 Å². The third-order valence-corrected chi connectivity index (χ3v) is 3.00. The maximum Gasteiger partial charge on any atom is 0.252 e. The molecule has 1 aromatic rings. The van der Waals surface area contributed by atoms with E-state index in [9.17, 15) is 4.79 Å². The van der Waals surface area contributed by atoms with E-state index < -0.39 is 0 Å². The molecule has 1 aliphatic carbocycles. The lowest BCUT2D eigenvalue weighted by Gasteiger charge is -2.17. The van der Waals surface area contributed by atoms with E-state index in [1.54, 1.807) is 0 Å². The molecule has 0 radical (unpaired) electrons. The van der Waals surface area contributed by atoms with Gasteiger partial charge in [0.25, 0.3) is 5.56 Å². The summed E-state index contributed by atoms with van der Waals surface area (Å²) in [4.78, 5) is 17.6. The van der Waals surface area contributed by atoms with E-state index in [-0.39, 0.29) is 5.56 Å². The van der Waals surface area contributed by atoms with Gasteiger partial charge in [0.1, 0.15) is 5.82 Å². The van der Waals surface area contributed by atoms with Crippen molar-refractivity contribution in [1.29, 1.82) is 0 Å². The summed E-state index contributed by atoms with van der Waals surface area (Å²) in [7, 11) is 0. The second kappa shape index (κ2) is 3.68. The van der Waals surface area contributed by atoms with Gasteiger partial charge < -0.3 is 10.3 Å². The maximum atomic E-state index is 11.1. The number of H-pyrrole nitrogens is 1. The van der Waals surface area contributed by atoms with E-state index in [0.29, 0.717) is 17.3 Å². The molecule has 1 aliphatic rings. The van der Waals surface area contributed by atoms with E-state index >= 15 is 0 Å². The Labute approximate surface area is 89.1 Å². The third-order valence-electron chi connectivity index (χ3n) is 3.00. The van der Waals surface area contributed by atoms with E-state index in [1.165, 1.54) is 18.8 Å². The smallest absolute Gasteiger partial charge is 0.252 e. The van der Waals surface area contributed by atoms with Crippen molar-refractivity contribution in [3.63, 3.8) is 0 Å². The summed E-state index contributed by atoms with van der Waals surface area (Å²) < 4.78 is 0. The second-order valence-electron chi connectivity index (χ2n) is 5.04. The van der Waals surface area contributed by atoms with E-state index in [0.717, 1.165) is 12.8 Å². The average Bonchev–Trinajstić information content (AvgIpc) is 2.45. The Morgan fingerprint density at radius 3 is 3.00 bits per heavy atom. The van der Waals surface area contributed by atoms with Crippen LogP contribution in [0.15, 0.2) is 17.2 Å². The van der Waals surface area contributed by atoms with Crippen LogP contribution in [-0.2, 0) is 0 Å². The number of anilines is 1. The highest BCUT2D eigenvalue weighted by molar-refractivity contribution is 5.33. The molecule has 1 heterocycles. The van der Waals surface area contributed by atoms with Crippen LogP contribution < -0.4 is 10.9 Å².